The molecule has 0 aliphatic heterocycles. The summed E-state index contributed by atoms with van der Waals surface area (Å²) in [7, 11) is 0. The van der Waals surface area contributed by atoms with Gasteiger partial charge in [0.05, 0.1) is 0 Å². The molecular weight excluding hydrogens is 143 g/mol. The first kappa shape index (κ1) is 16.5. The minimum absolute atomic E-state index is 0. The molecule has 7 heteroatoms. The Morgan fingerprint density at radius 1 is 0.714 bits per heavy atom. The fraction of sp³-hybridized carbons (Fsp3) is 0. The molecule has 40 valence electrons. The number of hydrogen-bond donors (Lipinski definition) is 0. The van der Waals surface area contributed by atoms with Gasteiger partial charge in [-0.2, -0.15) is 0 Å². The Bertz CT molecular complexity index is 58.2. The zero-order valence-electron chi connectivity index (χ0n) is 3.00. The van der Waals surface area contributed by atoms with Gasteiger partial charge in [-0.25, -0.2) is 0 Å². The predicted octanol–water partition coefficient (Wildman–Crippen LogP) is 1.73. The van der Waals surface area contributed by atoms with E-state index in [1.165, 1.54) is 9.82 Å². The van der Waals surface area contributed by atoms with Gasteiger partial charge in [-0.05, 0) is 0 Å². The van der Waals surface area contributed by atoms with E-state index in [0.29, 0.717) is 0 Å². The van der Waals surface area contributed by atoms with Gasteiger partial charge in [0.2, 0.25) is 0 Å². The van der Waals surface area contributed by atoms with Crippen LogP contribution in [0.15, 0.2) is 0 Å². The molecule has 0 aromatic carbocycles. The van der Waals surface area contributed by atoms with Crippen LogP contribution in [0.5, 0.6) is 0 Å². The third-order valence-electron chi connectivity index (χ3n) is 0. The summed E-state index contributed by atoms with van der Waals surface area (Å²) in [5.74, 6) is 0. The molecule has 0 radical (unpaired) electrons. The number of nitrogens with zero attached hydrogens (tertiary/aromatic N) is 6. The molecule has 0 aromatic rings. The maximum atomic E-state index is 6.75. The summed E-state index contributed by atoms with van der Waals surface area (Å²) < 4.78 is 0. The van der Waals surface area contributed by atoms with Crippen LogP contribution in [0.1, 0.15) is 0 Å². The first-order chi connectivity index (χ1) is 2.83. The van der Waals surface area contributed by atoms with Gasteiger partial charge in [-0.15, -0.1) is 0 Å². The average Bonchev–Trinajstić information content (AvgIpc) is 1.39. The molecule has 0 atom stereocenters. The maximum absolute atomic E-state index is 6.75. The monoisotopic (exact) mass is 142 g/mol. The third kappa shape index (κ3) is 63.1. The molecule has 0 saturated heterocycles. The van der Waals surface area contributed by atoms with E-state index in [1.54, 1.807) is 0 Å². The largest absolute Gasteiger partial charge is 2.00 e. The van der Waals surface area contributed by atoms with Crippen molar-refractivity contribution in [2.45, 2.75) is 0 Å². The molecule has 0 aromatic heterocycles. The molecule has 0 amide bonds. The standard InChI is InChI=1S/2N3.Ni/c2*1-3-2;/q2*-1;+2. The molecule has 0 fully saturated rings. The van der Waals surface area contributed by atoms with Crippen LogP contribution in [0.2, 0.25) is 0 Å². The van der Waals surface area contributed by atoms with Crippen LogP contribution < -0.4 is 0 Å². The number of hydrogen-bond acceptors (Lipinski definition) is 0. The molecule has 0 heterocycles. The zero-order chi connectivity index (χ0) is 5.41. The molecule has 0 spiro atoms. The van der Waals surface area contributed by atoms with Gasteiger partial charge >= 0.3 is 16.5 Å². The first-order valence-corrected chi connectivity index (χ1v) is 0.800. The Morgan fingerprint density at radius 2 is 0.714 bits per heavy atom. The van der Waals surface area contributed by atoms with Gasteiger partial charge in [0.15, 0.2) is 0 Å². The summed E-state index contributed by atoms with van der Waals surface area (Å²) >= 11 is 0. The Morgan fingerprint density at radius 3 is 0.714 bits per heavy atom. The van der Waals surface area contributed by atoms with Gasteiger partial charge in [0.1, 0.15) is 0 Å². The second kappa shape index (κ2) is 69.8. The van der Waals surface area contributed by atoms with Crippen LogP contribution in [-0.2, 0) is 16.5 Å². The van der Waals surface area contributed by atoms with Crippen molar-refractivity contribution >= 4 is 0 Å². The van der Waals surface area contributed by atoms with Crippen LogP contribution >= 0.6 is 0 Å². The summed E-state index contributed by atoms with van der Waals surface area (Å²) in [6.45, 7) is 0. The van der Waals surface area contributed by atoms with Gasteiger partial charge in [-0.1, -0.05) is 0 Å². The molecule has 0 rings (SSSR count). The van der Waals surface area contributed by atoms with Crippen molar-refractivity contribution in [3.05, 3.63) is 31.9 Å². The second-order valence-corrected chi connectivity index (χ2v) is 0.179. The van der Waals surface area contributed by atoms with E-state index in [4.69, 9.17) is 22.1 Å². The molecule has 0 N–H and O–H groups in total. The van der Waals surface area contributed by atoms with Crippen LogP contribution in [0.25, 0.3) is 31.9 Å². The Balaban J connectivity index is -0.0000000400. The van der Waals surface area contributed by atoms with Gasteiger partial charge in [0.25, 0.3) is 0 Å². The van der Waals surface area contributed by atoms with E-state index >= 15 is 0 Å². The van der Waals surface area contributed by atoms with Gasteiger partial charge < -0.3 is 22.1 Å². The second-order valence-electron chi connectivity index (χ2n) is 0.179. The van der Waals surface area contributed by atoms with E-state index in [2.05, 4.69) is 0 Å². The van der Waals surface area contributed by atoms with E-state index in [-0.39, 0.29) is 16.5 Å². The Kier molecular flexibility index (Phi) is 164. The van der Waals surface area contributed by atoms with E-state index in [0.717, 1.165) is 0 Å². The molecule has 0 unspecified atom stereocenters. The molecule has 6 nitrogen and oxygen atoms in total. The minimum Gasteiger partial charge on any atom is -0.373 e. The van der Waals surface area contributed by atoms with E-state index < -0.39 is 0 Å². The van der Waals surface area contributed by atoms with E-state index in [1.807, 2.05) is 0 Å². The van der Waals surface area contributed by atoms with Crippen molar-refractivity contribution in [1.82, 2.24) is 0 Å². The van der Waals surface area contributed by atoms with Crippen molar-refractivity contribution in [2.75, 3.05) is 0 Å². The van der Waals surface area contributed by atoms with Crippen molar-refractivity contribution in [3.63, 3.8) is 0 Å². The van der Waals surface area contributed by atoms with E-state index in [9.17, 15) is 0 Å². The van der Waals surface area contributed by atoms with Crippen LogP contribution in [0.3, 0.4) is 0 Å². The third-order valence-corrected chi connectivity index (χ3v) is 0. The minimum atomic E-state index is 0. The zero-order valence-corrected chi connectivity index (χ0v) is 3.99. The van der Waals surface area contributed by atoms with Gasteiger partial charge in [-0.3, -0.25) is 9.82 Å². The molecule has 0 aliphatic carbocycles. The quantitative estimate of drug-likeness (QED) is 0.212. The molecule has 7 heavy (non-hydrogen) atoms. The Labute approximate surface area is 49.3 Å². The first-order valence-electron chi connectivity index (χ1n) is 0.800. The van der Waals surface area contributed by atoms with Crippen molar-refractivity contribution in [3.8, 4) is 0 Å². The van der Waals surface area contributed by atoms with Crippen LogP contribution in [0.4, 0.5) is 0 Å². The van der Waals surface area contributed by atoms with Gasteiger partial charge in [0, 0.05) is 0 Å². The fourth-order valence-corrected chi connectivity index (χ4v) is 0. The fourth-order valence-electron chi connectivity index (χ4n) is 0. The van der Waals surface area contributed by atoms with Crippen molar-refractivity contribution < 1.29 is 16.5 Å². The van der Waals surface area contributed by atoms with Crippen molar-refractivity contribution in [1.29, 1.82) is 0 Å². The summed E-state index contributed by atoms with van der Waals surface area (Å²) in [5, 5.41) is 0. The Hall–Kier alpha value is -0.886. The molecule has 0 aliphatic rings. The summed E-state index contributed by atoms with van der Waals surface area (Å²) in [6.07, 6.45) is 0. The molecular formula is N6Ni. The average molecular weight is 143 g/mol. The molecule has 0 saturated carbocycles. The molecule has 0 bridgehead atoms. The normalized spacial score (nSPS) is 2.29. The summed E-state index contributed by atoms with van der Waals surface area (Å²) in [4.78, 5) is 3.00. The maximum Gasteiger partial charge on any atom is 2.00 e. The summed E-state index contributed by atoms with van der Waals surface area (Å²) in [5.41, 5.74) is 27.0. The van der Waals surface area contributed by atoms with Crippen LogP contribution in [0, 0.1) is 0 Å². The summed E-state index contributed by atoms with van der Waals surface area (Å²) in [6, 6.07) is 0. The predicted molar refractivity (Wildman–Crippen MR) is 20.2 cm³/mol. The SMILES string of the molecule is [N-]=[N+]=[N-].[N-]=[N+]=[N-].[Ni+2]. The smallest absolute Gasteiger partial charge is 0.373 e. The van der Waals surface area contributed by atoms with Crippen molar-refractivity contribution in [2.24, 2.45) is 0 Å². The number of rotatable bonds is 0. The van der Waals surface area contributed by atoms with Crippen LogP contribution in [-0.4, -0.2) is 0 Å². The topological polar surface area (TPSA) is 117 Å².